The Labute approximate surface area is 136 Å². The Kier molecular flexibility index (Phi) is 5.81. The van der Waals surface area contributed by atoms with E-state index in [1.807, 2.05) is 6.92 Å². The Hall–Kier alpha value is -1.83. The summed E-state index contributed by atoms with van der Waals surface area (Å²) >= 11 is 0. The summed E-state index contributed by atoms with van der Waals surface area (Å²) in [5.74, 6) is 1.08. The number of rotatable bonds is 8. The number of aryl methyl sites for hydroxylation is 1. The molecular weight excluding hydrogens is 318 g/mol. The molecule has 0 radical (unpaired) electrons. The van der Waals surface area contributed by atoms with Gasteiger partial charge in [0.05, 0.1) is 17.8 Å². The van der Waals surface area contributed by atoms with Crippen molar-refractivity contribution in [3.05, 3.63) is 47.9 Å². The fraction of sp³-hybridized carbons (Fsp3) is 0.375. The predicted molar refractivity (Wildman–Crippen MR) is 85.8 cm³/mol. The highest BCUT2D eigenvalue weighted by Gasteiger charge is 2.17. The molecule has 2 aromatic rings. The zero-order valence-corrected chi connectivity index (χ0v) is 14.0. The molecule has 1 aromatic heterocycles. The topological polar surface area (TPSA) is 88.8 Å². The largest absolute Gasteiger partial charge is 0.494 e. The molecule has 0 saturated heterocycles. The Morgan fingerprint density at radius 1 is 1.35 bits per heavy atom. The van der Waals surface area contributed by atoms with Crippen molar-refractivity contribution in [3.63, 3.8) is 0 Å². The molecule has 1 aromatic carbocycles. The first kappa shape index (κ1) is 17.5. The zero-order valence-electron chi connectivity index (χ0n) is 13.2. The summed E-state index contributed by atoms with van der Waals surface area (Å²) in [6.45, 7) is 4.30. The summed E-state index contributed by atoms with van der Waals surface area (Å²) in [5.41, 5.74) is 0.755. The minimum absolute atomic E-state index is 0.108. The molecule has 126 valence electrons. The standard InChI is InChI=1S/C16H21NO5S/c1-3-21-15-7-6-13(11-12(15)2)23(19,20)17-9-8-14(18)16-5-4-10-22-16/h4-7,10-11,14,17-18H,3,8-9H2,1-2H3. The summed E-state index contributed by atoms with van der Waals surface area (Å²) in [6.07, 6.45) is 0.850. The second kappa shape index (κ2) is 7.63. The van der Waals surface area contributed by atoms with E-state index in [9.17, 15) is 13.5 Å². The average molecular weight is 339 g/mol. The number of nitrogens with one attached hydrogen (secondary N) is 1. The van der Waals surface area contributed by atoms with Crippen LogP contribution in [0.1, 0.15) is 30.8 Å². The first-order valence-corrected chi connectivity index (χ1v) is 8.87. The van der Waals surface area contributed by atoms with Crippen LogP contribution in [0.3, 0.4) is 0 Å². The van der Waals surface area contributed by atoms with Crippen LogP contribution in [0, 0.1) is 6.92 Å². The summed E-state index contributed by atoms with van der Waals surface area (Å²) in [6, 6.07) is 8.03. The van der Waals surface area contributed by atoms with Gasteiger partial charge in [0.2, 0.25) is 10.0 Å². The average Bonchev–Trinajstić information content (AvgIpc) is 3.03. The van der Waals surface area contributed by atoms with Crippen molar-refractivity contribution in [1.82, 2.24) is 4.72 Å². The SMILES string of the molecule is CCOc1ccc(S(=O)(=O)NCCC(O)c2ccco2)cc1C. The molecule has 1 unspecified atom stereocenters. The van der Waals surface area contributed by atoms with E-state index in [4.69, 9.17) is 9.15 Å². The van der Waals surface area contributed by atoms with E-state index in [0.29, 0.717) is 18.1 Å². The molecule has 0 aliphatic rings. The van der Waals surface area contributed by atoms with Crippen molar-refractivity contribution in [2.24, 2.45) is 0 Å². The Balaban J connectivity index is 1.97. The van der Waals surface area contributed by atoms with E-state index in [1.165, 1.54) is 12.3 Å². The molecule has 0 aliphatic heterocycles. The lowest BCUT2D eigenvalue weighted by Crippen LogP contribution is -2.26. The van der Waals surface area contributed by atoms with Crippen LogP contribution in [0.5, 0.6) is 5.75 Å². The molecule has 0 saturated carbocycles. The maximum atomic E-state index is 12.3. The number of aliphatic hydroxyl groups excluding tert-OH is 1. The van der Waals surface area contributed by atoms with Gasteiger partial charge in [-0.15, -0.1) is 0 Å². The third-order valence-electron chi connectivity index (χ3n) is 3.34. The van der Waals surface area contributed by atoms with Crippen LogP contribution < -0.4 is 9.46 Å². The lowest BCUT2D eigenvalue weighted by atomic mass is 10.2. The quantitative estimate of drug-likeness (QED) is 0.771. The van der Waals surface area contributed by atoms with Crippen molar-refractivity contribution in [2.75, 3.05) is 13.2 Å². The van der Waals surface area contributed by atoms with Crippen LogP contribution in [0.4, 0.5) is 0 Å². The number of benzene rings is 1. The molecule has 0 bridgehead atoms. The van der Waals surface area contributed by atoms with E-state index in [1.54, 1.807) is 31.2 Å². The fourth-order valence-electron chi connectivity index (χ4n) is 2.14. The minimum Gasteiger partial charge on any atom is -0.494 e. The highest BCUT2D eigenvalue weighted by Crippen LogP contribution is 2.22. The molecule has 7 heteroatoms. The molecule has 0 amide bonds. The summed E-state index contributed by atoms with van der Waals surface area (Å²) < 4.78 is 37.5. The highest BCUT2D eigenvalue weighted by atomic mass is 32.2. The van der Waals surface area contributed by atoms with Gasteiger partial charge in [-0.25, -0.2) is 13.1 Å². The van der Waals surface area contributed by atoms with Crippen LogP contribution in [0.15, 0.2) is 45.9 Å². The Morgan fingerprint density at radius 3 is 2.74 bits per heavy atom. The normalized spacial score (nSPS) is 13.0. The fourth-order valence-corrected chi connectivity index (χ4v) is 3.28. The molecule has 0 aliphatic carbocycles. The van der Waals surface area contributed by atoms with Crippen LogP contribution in [-0.2, 0) is 10.0 Å². The van der Waals surface area contributed by atoms with E-state index in [-0.39, 0.29) is 17.9 Å². The highest BCUT2D eigenvalue weighted by molar-refractivity contribution is 7.89. The van der Waals surface area contributed by atoms with Gasteiger partial charge < -0.3 is 14.3 Å². The second-order valence-electron chi connectivity index (χ2n) is 5.08. The minimum atomic E-state index is -3.63. The second-order valence-corrected chi connectivity index (χ2v) is 6.84. The van der Waals surface area contributed by atoms with Crippen molar-refractivity contribution in [1.29, 1.82) is 0 Å². The van der Waals surface area contributed by atoms with Crippen LogP contribution >= 0.6 is 0 Å². The third-order valence-corrected chi connectivity index (χ3v) is 4.80. The monoisotopic (exact) mass is 339 g/mol. The lowest BCUT2D eigenvalue weighted by molar-refractivity contribution is 0.142. The maximum Gasteiger partial charge on any atom is 0.240 e. The number of aliphatic hydroxyl groups is 1. The van der Waals surface area contributed by atoms with Gasteiger partial charge in [-0.2, -0.15) is 0 Å². The van der Waals surface area contributed by atoms with Crippen LogP contribution in [0.2, 0.25) is 0 Å². The number of hydrogen-bond acceptors (Lipinski definition) is 5. The van der Waals surface area contributed by atoms with Crippen molar-refractivity contribution < 1.29 is 22.7 Å². The summed E-state index contributed by atoms with van der Waals surface area (Å²) in [7, 11) is -3.63. The van der Waals surface area contributed by atoms with Gasteiger partial charge in [0.25, 0.3) is 0 Å². The van der Waals surface area contributed by atoms with Gasteiger partial charge in [0.15, 0.2) is 0 Å². The van der Waals surface area contributed by atoms with Gasteiger partial charge >= 0.3 is 0 Å². The number of hydrogen-bond donors (Lipinski definition) is 2. The van der Waals surface area contributed by atoms with Gasteiger partial charge in [-0.05, 0) is 56.2 Å². The molecule has 2 rings (SSSR count). The van der Waals surface area contributed by atoms with E-state index >= 15 is 0 Å². The predicted octanol–water partition coefficient (Wildman–Crippen LogP) is 2.39. The molecule has 6 nitrogen and oxygen atoms in total. The van der Waals surface area contributed by atoms with Gasteiger partial charge in [-0.3, -0.25) is 0 Å². The van der Waals surface area contributed by atoms with Gasteiger partial charge in [0, 0.05) is 6.54 Å². The Morgan fingerprint density at radius 2 is 2.13 bits per heavy atom. The maximum absolute atomic E-state index is 12.3. The van der Waals surface area contributed by atoms with Crippen molar-refractivity contribution in [2.45, 2.75) is 31.3 Å². The first-order valence-electron chi connectivity index (χ1n) is 7.38. The van der Waals surface area contributed by atoms with E-state index in [2.05, 4.69) is 4.72 Å². The van der Waals surface area contributed by atoms with E-state index < -0.39 is 16.1 Å². The van der Waals surface area contributed by atoms with E-state index in [0.717, 1.165) is 5.56 Å². The lowest BCUT2D eigenvalue weighted by Gasteiger charge is -2.12. The van der Waals surface area contributed by atoms with Crippen molar-refractivity contribution in [3.8, 4) is 5.75 Å². The molecule has 1 heterocycles. The Bertz CT molecular complexity index is 725. The third kappa shape index (κ3) is 4.57. The molecule has 23 heavy (non-hydrogen) atoms. The summed E-state index contributed by atoms with van der Waals surface area (Å²) in [5, 5.41) is 9.87. The van der Waals surface area contributed by atoms with Crippen LogP contribution in [0.25, 0.3) is 0 Å². The molecular formula is C16H21NO5S. The van der Waals surface area contributed by atoms with Crippen LogP contribution in [-0.4, -0.2) is 26.7 Å². The molecule has 1 atom stereocenters. The van der Waals surface area contributed by atoms with Gasteiger partial charge in [-0.1, -0.05) is 0 Å². The number of furan rings is 1. The zero-order chi connectivity index (χ0) is 16.9. The molecule has 0 fully saturated rings. The van der Waals surface area contributed by atoms with Crippen molar-refractivity contribution >= 4 is 10.0 Å². The smallest absolute Gasteiger partial charge is 0.240 e. The first-order chi connectivity index (χ1) is 10.9. The number of ether oxygens (including phenoxy) is 1. The molecule has 0 spiro atoms. The summed E-state index contributed by atoms with van der Waals surface area (Å²) in [4.78, 5) is 0.172. The van der Waals surface area contributed by atoms with Gasteiger partial charge in [0.1, 0.15) is 17.6 Å². The molecule has 2 N–H and O–H groups in total. The number of sulfonamides is 1.